The van der Waals surface area contributed by atoms with Crippen molar-refractivity contribution in [3.05, 3.63) is 54.0 Å². The minimum absolute atomic E-state index is 0.386. The van der Waals surface area contributed by atoms with E-state index >= 15 is 0 Å². The van der Waals surface area contributed by atoms with Crippen molar-refractivity contribution >= 4 is 5.69 Å². The Morgan fingerprint density at radius 2 is 1.95 bits per heavy atom. The first-order chi connectivity index (χ1) is 9.80. The summed E-state index contributed by atoms with van der Waals surface area (Å²) in [6.45, 7) is 6.15. The van der Waals surface area contributed by atoms with Gasteiger partial charge in [-0.25, -0.2) is 0 Å². The quantitative estimate of drug-likeness (QED) is 0.826. The number of rotatable bonds is 7. The first-order valence-electron chi connectivity index (χ1n) is 7.33. The van der Waals surface area contributed by atoms with Crippen molar-refractivity contribution in [2.75, 3.05) is 18.5 Å². The van der Waals surface area contributed by atoms with Gasteiger partial charge in [-0.3, -0.25) is 0 Å². The van der Waals surface area contributed by atoms with Crippen molar-refractivity contribution in [2.24, 2.45) is 0 Å². The summed E-state index contributed by atoms with van der Waals surface area (Å²) < 4.78 is 5.48. The number of furan rings is 1. The smallest absolute Gasteiger partial charge is 0.123 e. The Morgan fingerprint density at radius 3 is 2.55 bits per heavy atom. The highest BCUT2D eigenvalue weighted by Crippen LogP contribution is 2.29. The fourth-order valence-electron chi connectivity index (χ4n) is 2.61. The van der Waals surface area contributed by atoms with Gasteiger partial charge < -0.3 is 14.6 Å². The van der Waals surface area contributed by atoms with Gasteiger partial charge in [-0.05, 0) is 44.2 Å². The van der Waals surface area contributed by atoms with Crippen LogP contribution in [0.3, 0.4) is 0 Å². The van der Waals surface area contributed by atoms with Crippen molar-refractivity contribution in [1.82, 2.24) is 5.32 Å². The van der Waals surface area contributed by atoms with E-state index in [1.807, 2.05) is 19.2 Å². The summed E-state index contributed by atoms with van der Waals surface area (Å²) in [5, 5.41) is 3.40. The first kappa shape index (κ1) is 14.7. The van der Waals surface area contributed by atoms with E-state index in [-0.39, 0.29) is 0 Å². The normalized spacial score (nSPS) is 12.3. The lowest BCUT2D eigenvalue weighted by Crippen LogP contribution is -2.25. The molecule has 108 valence electrons. The average Bonchev–Trinajstić information content (AvgIpc) is 3.00. The van der Waals surface area contributed by atoms with Crippen LogP contribution in [-0.4, -0.2) is 13.6 Å². The molecule has 2 aromatic rings. The minimum atomic E-state index is 0.386. The standard InChI is InChI=1S/C17H24N2O/c1-4-16(18-3)15-10-6-7-11-17(15)19(5-2)13-14-9-8-12-20-14/h6-12,16,18H,4-5,13H2,1-3H3. The third-order valence-electron chi connectivity index (χ3n) is 3.72. The van der Waals surface area contributed by atoms with E-state index in [9.17, 15) is 0 Å². The zero-order valence-electron chi connectivity index (χ0n) is 12.6. The van der Waals surface area contributed by atoms with Crippen molar-refractivity contribution < 1.29 is 4.42 Å². The molecule has 20 heavy (non-hydrogen) atoms. The SMILES string of the molecule is CCC(NC)c1ccccc1N(CC)Cc1ccco1. The zero-order valence-corrected chi connectivity index (χ0v) is 12.6. The van der Waals surface area contributed by atoms with Gasteiger partial charge in [0, 0.05) is 18.3 Å². The lowest BCUT2D eigenvalue weighted by molar-refractivity contribution is 0.502. The number of hydrogen-bond donors (Lipinski definition) is 1. The maximum absolute atomic E-state index is 5.48. The van der Waals surface area contributed by atoms with Crippen molar-refractivity contribution in [2.45, 2.75) is 32.9 Å². The van der Waals surface area contributed by atoms with E-state index in [1.165, 1.54) is 11.3 Å². The summed E-state index contributed by atoms with van der Waals surface area (Å²) in [6.07, 6.45) is 2.81. The highest BCUT2D eigenvalue weighted by Gasteiger charge is 2.16. The topological polar surface area (TPSA) is 28.4 Å². The van der Waals surface area contributed by atoms with Crippen LogP contribution in [0.5, 0.6) is 0 Å². The maximum atomic E-state index is 5.48. The molecule has 0 amide bonds. The number of nitrogens with zero attached hydrogens (tertiary/aromatic N) is 1. The number of nitrogens with one attached hydrogen (secondary N) is 1. The van der Waals surface area contributed by atoms with Crippen molar-refractivity contribution in [3.63, 3.8) is 0 Å². The first-order valence-corrected chi connectivity index (χ1v) is 7.33. The van der Waals surface area contributed by atoms with Crippen LogP contribution < -0.4 is 10.2 Å². The van der Waals surface area contributed by atoms with Crippen LogP contribution in [0.2, 0.25) is 0 Å². The summed E-state index contributed by atoms with van der Waals surface area (Å²) in [5.74, 6) is 0.999. The number of benzene rings is 1. The average molecular weight is 272 g/mol. The van der Waals surface area contributed by atoms with Crippen LogP contribution >= 0.6 is 0 Å². The molecule has 1 aromatic heterocycles. The molecule has 0 aliphatic heterocycles. The molecular weight excluding hydrogens is 248 g/mol. The van der Waals surface area contributed by atoms with Gasteiger partial charge in [0.05, 0.1) is 12.8 Å². The molecule has 0 fully saturated rings. The molecule has 3 nitrogen and oxygen atoms in total. The molecule has 0 bridgehead atoms. The molecule has 0 aliphatic rings. The predicted molar refractivity (Wildman–Crippen MR) is 84.0 cm³/mol. The molecule has 0 saturated carbocycles. The summed E-state index contributed by atoms with van der Waals surface area (Å²) in [7, 11) is 2.02. The molecule has 1 aromatic carbocycles. The molecule has 1 N–H and O–H groups in total. The minimum Gasteiger partial charge on any atom is -0.467 e. The third kappa shape index (κ3) is 3.23. The summed E-state index contributed by atoms with van der Waals surface area (Å²) in [6, 6.07) is 13.0. The van der Waals surface area contributed by atoms with Crippen LogP contribution in [0.15, 0.2) is 47.1 Å². The van der Waals surface area contributed by atoms with E-state index < -0.39 is 0 Å². The fourth-order valence-corrected chi connectivity index (χ4v) is 2.61. The molecule has 0 spiro atoms. The largest absolute Gasteiger partial charge is 0.467 e. The Morgan fingerprint density at radius 1 is 1.15 bits per heavy atom. The second-order valence-electron chi connectivity index (χ2n) is 4.90. The van der Waals surface area contributed by atoms with Crippen LogP contribution in [0.25, 0.3) is 0 Å². The molecule has 0 aliphatic carbocycles. The Balaban J connectivity index is 2.29. The highest BCUT2D eigenvalue weighted by atomic mass is 16.3. The van der Waals surface area contributed by atoms with Gasteiger partial charge in [0.1, 0.15) is 5.76 Å². The van der Waals surface area contributed by atoms with E-state index in [0.29, 0.717) is 6.04 Å². The second-order valence-corrected chi connectivity index (χ2v) is 4.90. The van der Waals surface area contributed by atoms with Gasteiger partial charge in [0.25, 0.3) is 0 Å². The van der Waals surface area contributed by atoms with Crippen molar-refractivity contribution in [3.8, 4) is 0 Å². The molecule has 2 rings (SSSR count). The van der Waals surface area contributed by atoms with Gasteiger partial charge in [-0.2, -0.15) is 0 Å². The Labute approximate surface area is 121 Å². The molecule has 1 heterocycles. The van der Waals surface area contributed by atoms with E-state index in [4.69, 9.17) is 4.42 Å². The Kier molecular flexibility index (Phi) is 5.24. The van der Waals surface area contributed by atoms with E-state index in [1.54, 1.807) is 6.26 Å². The van der Waals surface area contributed by atoms with Crippen molar-refractivity contribution in [1.29, 1.82) is 0 Å². The lowest BCUT2D eigenvalue weighted by atomic mass is 10.0. The Bertz CT molecular complexity index is 503. The van der Waals surface area contributed by atoms with Crippen LogP contribution in [0.1, 0.15) is 37.6 Å². The van der Waals surface area contributed by atoms with Crippen LogP contribution in [0.4, 0.5) is 5.69 Å². The van der Waals surface area contributed by atoms with Gasteiger partial charge in [0.2, 0.25) is 0 Å². The summed E-state index contributed by atoms with van der Waals surface area (Å²) in [4.78, 5) is 2.36. The number of anilines is 1. The monoisotopic (exact) mass is 272 g/mol. The highest BCUT2D eigenvalue weighted by molar-refractivity contribution is 5.55. The van der Waals surface area contributed by atoms with Gasteiger partial charge in [-0.15, -0.1) is 0 Å². The molecule has 1 unspecified atom stereocenters. The Hall–Kier alpha value is -1.74. The molecule has 3 heteroatoms. The fraction of sp³-hybridized carbons (Fsp3) is 0.412. The second kappa shape index (κ2) is 7.15. The molecule has 0 saturated heterocycles. The lowest BCUT2D eigenvalue weighted by Gasteiger charge is -2.27. The van der Waals surface area contributed by atoms with Gasteiger partial charge in [-0.1, -0.05) is 25.1 Å². The number of hydrogen-bond acceptors (Lipinski definition) is 3. The molecular formula is C17H24N2O. The zero-order chi connectivity index (χ0) is 14.4. The van der Waals surface area contributed by atoms with Crippen LogP contribution in [0, 0.1) is 0 Å². The van der Waals surface area contributed by atoms with Gasteiger partial charge in [0.15, 0.2) is 0 Å². The predicted octanol–water partition coefficient (Wildman–Crippen LogP) is 3.98. The van der Waals surface area contributed by atoms with Gasteiger partial charge >= 0.3 is 0 Å². The van der Waals surface area contributed by atoms with Crippen LogP contribution in [-0.2, 0) is 6.54 Å². The third-order valence-corrected chi connectivity index (χ3v) is 3.72. The maximum Gasteiger partial charge on any atom is 0.123 e. The summed E-state index contributed by atoms with van der Waals surface area (Å²) in [5.41, 5.74) is 2.64. The summed E-state index contributed by atoms with van der Waals surface area (Å²) >= 11 is 0. The molecule has 1 atom stereocenters. The van der Waals surface area contributed by atoms with E-state index in [0.717, 1.165) is 25.3 Å². The number of para-hydroxylation sites is 1. The molecule has 0 radical (unpaired) electrons. The van der Waals surface area contributed by atoms with E-state index in [2.05, 4.69) is 48.3 Å².